The van der Waals surface area contributed by atoms with Crippen LogP contribution in [0.15, 0.2) is 36.7 Å². The molecule has 0 radical (unpaired) electrons. The zero-order valence-electron chi connectivity index (χ0n) is 9.38. The molecule has 0 saturated heterocycles. The van der Waals surface area contributed by atoms with E-state index in [4.69, 9.17) is 5.73 Å². The Morgan fingerprint density at radius 1 is 1.19 bits per heavy atom. The Labute approximate surface area is 94.8 Å². The van der Waals surface area contributed by atoms with Crippen LogP contribution in [0.1, 0.15) is 5.56 Å². The second kappa shape index (κ2) is 4.18. The van der Waals surface area contributed by atoms with Gasteiger partial charge in [0, 0.05) is 12.7 Å². The molecule has 0 fully saturated rings. The lowest BCUT2D eigenvalue weighted by Gasteiger charge is -2.18. The molecule has 1 aromatic heterocycles. The van der Waals surface area contributed by atoms with Gasteiger partial charge in [-0.2, -0.15) is 0 Å². The van der Waals surface area contributed by atoms with Gasteiger partial charge in [0.25, 0.3) is 0 Å². The first kappa shape index (κ1) is 10.4. The average molecular weight is 214 g/mol. The molecule has 0 bridgehead atoms. The van der Waals surface area contributed by atoms with Crippen molar-refractivity contribution in [1.82, 2.24) is 9.97 Å². The van der Waals surface area contributed by atoms with E-state index in [-0.39, 0.29) is 0 Å². The molecule has 2 N–H and O–H groups in total. The highest BCUT2D eigenvalue weighted by Crippen LogP contribution is 2.21. The molecule has 0 saturated carbocycles. The first-order chi connectivity index (χ1) is 7.66. The third kappa shape index (κ3) is 2.11. The second-order valence-corrected chi connectivity index (χ2v) is 3.70. The van der Waals surface area contributed by atoms with Crippen molar-refractivity contribution in [2.75, 3.05) is 17.7 Å². The molecule has 0 unspecified atom stereocenters. The summed E-state index contributed by atoms with van der Waals surface area (Å²) >= 11 is 0. The van der Waals surface area contributed by atoms with Gasteiger partial charge in [-0.3, -0.25) is 0 Å². The predicted molar refractivity (Wildman–Crippen MR) is 65.7 cm³/mol. The molecular formula is C12H14N4. The summed E-state index contributed by atoms with van der Waals surface area (Å²) in [5, 5.41) is 0. The standard InChI is InChI=1S/C12H14N4/c1-9-4-3-5-10(6-9)16(2)12-8-14-11(13)7-15-12/h3-8H,1-2H3,(H2,13,14). The Morgan fingerprint density at radius 2 is 2.00 bits per heavy atom. The van der Waals surface area contributed by atoms with Gasteiger partial charge in [-0.1, -0.05) is 12.1 Å². The fourth-order valence-corrected chi connectivity index (χ4v) is 1.47. The number of aromatic nitrogens is 2. The molecule has 2 rings (SSSR count). The van der Waals surface area contributed by atoms with Crippen molar-refractivity contribution in [2.24, 2.45) is 0 Å². The Balaban J connectivity index is 2.31. The van der Waals surface area contributed by atoms with Crippen molar-refractivity contribution in [2.45, 2.75) is 6.92 Å². The number of aryl methyl sites for hydroxylation is 1. The van der Waals surface area contributed by atoms with E-state index in [2.05, 4.69) is 29.0 Å². The number of benzene rings is 1. The fraction of sp³-hybridized carbons (Fsp3) is 0.167. The molecule has 0 amide bonds. The molecule has 1 aromatic carbocycles. The summed E-state index contributed by atoms with van der Waals surface area (Å²) < 4.78 is 0. The smallest absolute Gasteiger partial charge is 0.151 e. The van der Waals surface area contributed by atoms with Crippen LogP contribution in [-0.2, 0) is 0 Å². The summed E-state index contributed by atoms with van der Waals surface area (Å²) in [7, 11) is 1.95. The quantitative estimate of drug-likeness (QED) is 0.832. The van der Waals surface area contributed by atoms with E-state index in [9.17, 15) is 0 Å². The van der Waals surface area contributed by atoms with E-state index >= 15 is 0 Å². The van der Waals surface area contributed by atoms with Gasteiger partial charge in [0.05, 0.1) is 12.4 Å². The molecule has 2 aromatic rings. The third-order valence-corrected chi connectivity index (χ3v) is 2.39. The van der Waals surface area contributed by atoms with Gasteiger partial charge in [0.1, 0.15) is 5.82 Å². The van der Waals surface area contributed by atoms with Gasteiger partial charge in [-0.05, 0) is 24.6 Å². The number of anilines is 3. The number of nitrogens with zero attached hydrogens (tertiary/aromatic N) is 3. The molecular weight excluding hydrogens is 200 g/mol. The maximum atomic E-state index is 5.50. The van der Waals surface area contributed by atoms with Gasteiger partial charge >= 0.3 is 0 Å². The Hall–Kier alpha value is -2.10. The maximum absolute atomic E-state index is 5.50. The van der Waals surface area contributed by atoms with Gasteiger partial charge in [0.15, 0.2) is 5.82 Å². The minimum atomic E-state index is 0.432. The molecule has 0 aliphatic rings. The Morgan fingerprint density at radius 3 is 2.62 bits per heavy atom. The van der Waals surface area contributed by atoms with Crippen LogP contribution in [0.2, 0.25) is 0 Å². The summed E-state index contributed by atoms with van der Waals surface area (Å²) in [6.45, 7) is 2.06. The van der Waals surface area contributed by atoms with Crippen molar-refractivity contribution in [3.63, 3.8) is 0 Å². The van der Waals surface area contributed by atoms with Crippen LogP contribution < -0.4 is 10.6 Å². The van der Waals surface area contributed by atoms with E-state index < -0.39 is 0 Å². The number of nitrogens with two attached hydrogens (primary N) is 1. The van der Waals surface area contributed by atoms with Gasteiger partial charge in [-0.15, -0.1) is 0 Å². The first-order valence-electron chi connectivity index (χ1n) is 5.05. The van der Waals surface area contributed by atoms with Crippen LogP contribution in [0.4, 0.5) is 17.3 Å². The zero-order chi connectivity index (χ0) is 11.5. The lowest BCUT2D eigenvalue weighted by molar-refractivity contribution is 1.09. The van der Waals surface area contributed by atoms with Gasteiger partial charge < -0.3 is 10.6 Å². The number of nitrogen functional groups attached to an aromatic ring is 1. The molecule has 16 heavy (non-hydrogen) atoms. The summed E-state index contributed by atoms with van der Waals surface area (Å²) in [5.74, 6) is 1.21. The first-order valence-corrected chi connectivity index (χ1v) is 5.05. The average Bonchev–Trinajstić information content (AvgIpc) is 2.29. The minimum absolute atomic E-state index is 0.432. The summed E-state index contributed by atoms with van der Waals surface area (Å²) in [6, 6.07) is 8.21. The van der Waals surface area contributed by atoms with Crippen LogP contribution in [0.25, 0.3) is 0 Å². The highest BCUT2D eigenvalue weighted by molar-refractivity contribution is 5.59. The van der Waals surface area contributed by atoms with Gasteiger partial charge in [-0.25, -0.2) is 9.97 Å². The molecule has 82 valence electrons. The Kier molecular flexibility index (Phi) is 2.72. The maximum Gasteiger partial charge on any atom is 0.151 e. The topological polar surface area (TPSA) is 55.0 Å². The van der Waals surface area contributed by atoms with Gasteiger partial charge in [0.2, 0.25) is 0 Å². The van der Waals surface area contributed by atoms with Crippen LogP contribution in [0, 0.1) is 6.92 Å². The van der Waals surface area contributed by atoms with Crippen LogP contribution >= 0.6 is 0 Å². The molecule has 4 nitrogen and oxygen atoms in total. The number of rotatable bonds is 2. The van der Waals surface area contributed by atoms with Crippen molar-refractivity contribution in [3.8, 4) is 0 Å². The van der Waals surface area contributed by atoms with Crippen LogP contribution in [0.5, 0.6) is 0 Å². The zero-order valence-corrected chi connectivity index (χ0v) is 9.38. The second-order valence-electron chi connectivity index (χ2n) is 3.70. The summed E-state index contributed by atoms with van der Waals surface area (Å²) in [5.41, 5.74) is 7.80. The van der Waals surface area contributed by atoms with E-state index in [1.165, 1.54) is 5.56 Å². The van der Waals surface area contributed by atoms with E-state index in [1.54, 1.807) is 12.4 Å². The molecule has 0 aliphatic heterocycles. The number of hydrogen-bond acceptors (Lipinski definition) is 4. The Bertz CT molecular complexity index is 479. The van der Waals surface area contributed by atoms with Crippen molar-refractivity contribution < 1.29 is 0 Å². The van der Waals surface area contributed by atoms with Crippen molar-refractivity contribution in [3.05, 3.63) is 42.2 Å². The predicted octanol–water partition coefficient (Wildman–Crippen LogP) is 2.14. The highest BCUT2D eigenvalue weighted by Gasteiger charge is 2.05. The molecule has 0 spiro atoms. The fourth-order valence-electron chi connectivity index (χ4n) is 1.47. The monoisotopic (exact) mass is 214 g/mol. The minimum Gasteiger partial charge on any atom is -0.382 e. The summed E-state index contributed by atoms with van der Waals surface area (Å²) in [6.07, 6.45) is 3.22. The van der Waals surface area contributed by atoms with E-state index in [0.717, 1.165) is 11.5 Å². The van der Waals surface area contributed by atoms with E-state index in [0.29, 0.717) is 5.82 Å². The van der Waals surface area contributed by atoms with Crippen molar-refractivity contribution in [1.29, 1.82) is 0 Å². The van der Waals surface area contributed by atoms with Crippen LogP contribution in [-0.4, -0.2) is 17.0 Å². The molecule has 1 heterocycles. The molecule has 0 atom stereocenters. The van der Waals surface area contributed by atoms with Crippen LogP contribution in [0.3, 0.4) is 0 Å². The number of hydrogen-bond donors (Lipinski definition) is 1. The van der Waals surface area contributed by atoms with Crippen molar-refractivity contribution >= 4 is 17.3 Å². The molecule has 4 heteroatoms. The third-order valence-electron chi connectivity index (χ3n) is 2.39. The SMILES string of the molecule is Cc1cccc(N(C)c2cnc(N)cn2)c1. The lowest BCUT2D eigenvalue weighted by atomic mass is 10.2. The highest BCUT2D eigenvalue weighted by atomic mass is 15.2. The molecule has 0 aliphatic carbocycles. The lowest BCUT2D eigenvalue weighted by Crippen LogP contribution is -2.11. The summed E-state index contributed by atoms with van der Waals surface area (Å²) in [4.78, 5) is 10.2. The largest absolute Gasteiger partial charge is 0.382 e. The normalized spacial score (nSPS) is 10.1. The van der Waals surface area contributed by atoms with E-state index in [1.807, 2.05) is 24.1 Å².